The average molecular weight is 157 g/mol. The summed E-state index contributed by atoms with van der Waals surface area (Å²) in [4.78, 5) is 0. The maximum Gasteiger partial charge on any atom is 0.0719 e. The number of nitrogens with two attached hydrogens (primary N) is 1. The predicted molar refractivity (Wildman–Crippen MR) is 46.1 cm³/mol. The van der Waals surface area contributed by atoms with Gasteiger partial charge in [-0.3, -0.25) is 0 Å². The third kappa shape index (κ3) is 1.57. The van der Waals surface area contributed by atoms with Gasteiger partial charge in [0.1, 0.15) is 0 Å². The molecule has 0 radical (unpaired) electrons. The van der Waals surface area contributed by atoms with Gasteiger partial charge in [0.25, 0.3) is 0 Å². The van der Waals surface area contributed by atoms with Crippen molar-refractivity contribution >= 4 is 0 Å². The van der Waals surface area contributed by atoms with Crippen molar-refractivity contribution < 1.29 is 5.11 Å². The van der Waals surface area contributed by atoms with Crippen molar-refractivity contribution in [3.8, 4) is 0 Å². The van der Waals surface area contributed by atoms with Crippen LogP contribution in [0.15, 0.2) is 0 Å². The lowest BCUT2D eigenvalue weighted by molar-refractivity contribution is 0.0120. The molecule has 1 fully saturated rings. The summed E-state index contributed by atoms with van der Waals surface area (Å²) < 4.78 is 0. The Labute approximate surface area is 68.8 Å². The molecule has 5 atom stereocenters. The first-order valence-electron chi connectivity index (χ1n) is 4.47. The fourth-order valence-corrected chi connectivity index (χ4v) is 2.01. The van der Waals surface area contributed by atoms with E-state index in [0.29, 0.717) is 17.8 Å². The molecule has 2 heteroatoms. The van der Waals surface area contributed by atoms with Crippen molar-refractivity contribution in [2.75, 3.05) is 0 Å². The number of aliphatic hydroxyl groups excluding tert-OH is 1. The van der Waals surface area contributed by atoms with Crippen molar-refractivity contribution in [2.24, 2.45) is 23.5 Å². The van der Waals surface area contributed by atoms with E-state index in [1.54, 1.807) is 0 Å². The number of hydrogen-bond acceptors (Lipinski definition) is 2. The lowest BCUT2D eigenvalue weighted by atomic mass is 9.72. The molecule has 0 aliphatic heterocycles. The molecule has 0 aromatic rings. The molecule has 0 spiro atoms. The van der Waals surface area contributed by atoms with Crippen LogP contribution in [0.3, 0.4) is 0 Å². The first-order valence-corrected chi connectivity index (χ1v) is 4.47. The Morgan fingerprint density at radius 3 is 2.27 bits per heavy atom. The second-order valence-corrected chi connectivity index (χ2v) is 4.12. The molecule has 2 nitrogen and oxygen atoms in total. The van der Waals surface area contributed by atoms with Crippen LogP contribution in [0, 0.1) is 17.8 Å². The van der Waals surface area contributed by atoms with Crippen LogP contribution in [0.25, 0.3) is 0 Å². The van der Waals surface area contributed by atoms with Gasteiger partial charge in [-0.1, -0.05) is 20.8 Å². The summed E-state index contributed by atoms with van der Waals surface area (Å²) in [7, 11) is 0. The summed E-state index contributed by atoms with van der Waals surface area (Å²) >= 11 is 0. The quantitative estimate of drug-likeness (QED) is 0.551. The van der Waals surface area contributed by atoms with Crippen LogP contribution >= 0.6 is 0 Å². The Hall–Kier alpha value is -0.0800. The summed E-state index contributed by atoms with van der Waals surface area (Å²) in [6, 6.07) is -0.0197. The topological polar surface area (TPSA) is 46.2 Å². The Kier molecular flexibility index (Phi) is 2.55. The van der Waals surface area contributed by atoms with Crippen LogP contribution < -0.4 is 5.73 Å². The van der Waals surface area contributed by atoms with Crippen molar-refractivity contribution in [2.45, 2.75) is 39.3 Å². The van der Waals surface area contributed by atoms with Crippen LogP contribution in [-0.4, -0.2) is 17.3 Å². The van der Waals surface area contributed by atoms with E-state index in [0.717, 1.165) is 6.42 Å². The minimum absolute atomic E-state index is 0.0197. The summed E-state index contributed by atoms with van der Waals surface area (Å²) in [5, 5.41) is 9.61. The van der Waals surface area contributed by atoms with Crippen LogP contribution in [0.2, 0.25) is 0 Å². The van der Waals surface area contributed by atoms with Gasteiger partial charge in [-0.15, -0.1) is 0 Å². The Balaban J connectivity index is 2.63. The largest absolute Gasteiger partial charge is 0.391 e. The lowest BCUT2D eigenvalue weighted by Gasteiger charge is -2.39. The van der Waals surface area contributed by atoms with Crippen LogP contribution in [-0.2, 0) is 0 Å². The molecule has 5 unspecified atom stereocenters. The van der Waals surface area contributed by atoms with Gasteiger partial charge in [-0.2, -0.15) is 0 Å². The average Bonchev–Trinajstić information content (AvgIpc) is 1.97. The van der Waals surface area contributed by atoms with E-state index < -0.39 is 0 Å². The fraction of sp³-hybridized carbons (Fsp3) is 1.00. The zero-order valence-corrected chi connectivity index (χ0v) is 7.62. The van der Waals surface area contributed by atoms with E-state index in [-0.39, 0.29) is 12.1 Å². The van der Waals surface area contributed by atoms with Crippen molar-refractivity contribution in [1.82, 2.24) is 0 Å². The highest BCUT2D eigenvalue weighted by molar-refractivity contribution is 4.89. The molecule has 3 N–H and O–H groups in total. The van der Waals surface area contributed by atoms with Crippen molar-refractivity contribution in [3.05, 3.63) is 0 Å². The third-order valence-corrected chi connectivity index (χ3v) is 3.23. The van der Waals surface area contributed by atoms with E-state index in [2.05, 4.69) is 20.8 Å². The standard InChI is InChI=1S/C9H19NO/c1-5-4-6(2)9(11)8(10)7(5)3/h5-9,11H,4,10H2,1-3H3. The molecule has 0 aromatic carbocycles. The molecule has 0 saturated heterocycles. The maximum atomic E-state index is 9.61. The second kappa shape index (κ2) is 3.11. The van der Waals surface area contributed by atoms with Gasteiger partial charge in [0.15, 0.2) is 0 Å². The molecular weight excluding hydrogens is 138 g/mol. The SMILES string of the molecule is CC1CC(C)C(O)C(N)C1C. The Bertz CT molecular complexity index is 124. The molecule has 1 aliphatic rings. The molecule has 0 aromatic heterocycles. The molecule has 0 bridgehead atoms. The normalized spacial score (nSPS) is 52.6. The van der Waals surface area contributed by atoms with Gasteiger partial charge in [0, 0.05) is 6.04 Å². The highest BCUT2D eigenvalue weighted by Gasteiger charge is 2.35. The third-order valence-electron chi connectivity index (χ3n) is 3.23. The molecule has 11 heavy (non-hydrogen) atoms. The molecule has 66 valence electrons. The summed E-state index contributed by atoms with van der Waals surface area (Å²) in [5.74, 6) is 1.49. The smallest absolute Gasteiger partial charge is 0.0719 e. The van der Waals surface area contributed by atoms with Crippen LogP contribution in [0.4, 0.5) is 0 Å². The minimum Gasteiger partial charge on any atom is -0.391 e. The Morgan fingerprint density at radius 1 is 1.18 bits per heavy atom. The van der Waals surface area contributed by atoms with Crippen molar-refractivity contribution in [1.29, 1.82) is 0 Å². The monoisotopic (exact) mass is 157 g/mol. The van der Waals surface area contributed by atoms with Crippen molar-refractivity contribution in [3.63, 3.8) is 0 Å². The van der Waals surface area contributed by atoms with Gasteiger partial charge in [0.2, 0.25) is 0 Å². The predicted octanol–water partition coefficient (Wildman–Crippen LogP) is 0.987. The lowest BCUT2D eigenvalue weighted by Crippen LogP contribution is -2.50. The maximum absolute atomic E-state index is 9.61. The van der Waals surface area contributed by atoms with Gasteiger partial charge in [-0.25, -0.2) is 0 Å². The van der Waals surface area contributed by atoms with Gasteiger partial charge < -0.3 is 10.8 Å². The minimum atomic E-state index is -0.291. The summed E-state index contributed by atoms with van der Waals surface area (Å²) in [6.07, 6.45) is 0.817. The molecule has 0 amide bonds. The number of rotatable bonds is 0. The first-order chi connectivity index (χ1) is 5.04. The summed E-state index contributed by atoms with van der Waals surface area (Å²) in [5.41, 5.74) is 5.85. The molecule has 0 heterocycles. The zero-order chi connectivity index (χ0) is 8.59. The van der Waals surface area contributed by atoms with Gasteiger partial charge in [-0.05, 0) is 24.2 Å². The molecular formula is C9H19NO. The number of aliphatic hydroxyl groups is 1. The molecule has 1 aliphatic carbocycles. The van der Waals surface area contributed by atoms with Crippen LogP contribution in [0.5, 0.6) is 0 Å². The van der Waals surface area contributed by atoms with Crippen LogP contribution in [0.1, 0.15) is 27.2 Å². The first kappa shape index (κ1) is 9.01. The second-order valence-electron chi connectivity index (χ2n) is 4.12. The van der Waals surface area contributed by atoms with E-state index >= 15 is 0 Å². The fourth-order valence-electron chi connectivity index (χ4n) is 2.01. The zero-order valence-electron chi connectivity index (χ0n) is 7.62. The highest BCUT2D eigenvalue weighted by atomic mass is 16.3. The van der Waals surface area contributed by atoms with E-state index in [9.17, 15) is 5.11 Å². The van der Waals surface area contributed by atoms with Gasteiger partial charge in [0.05, 0.1) is 6.10 Å². The van der Waals surface area contributed by atoms with E-state index in [4.69, 9.17) is 5.73 Å². The molecule has 1 saturated carbocycles. The Morgan fingerprint density at radius 2 is 1.73 bits per heavy atom. The van der Waals surface area contributed by atoms with E-state index in [1.807, 2.05) is 0 Å². The van der Waals surface area contributed by atoms with Gasteiger partial charge >= 0.3 is 0 Å². The molecule has 1 rings (SSSR count). The summed E-state index contributed by atoms with van der Waals surface area (Å²) in [6.45, 7) is 6.42. The highest BCUT2D eigenvalue weighted by Crippen LogP contribution is 2.32. The van der Waals surface area contributed by atoms with E-state index in [1.165, 1.54) is 0 Å². The number of hydrogen-bond donors (Lipinski definition) is 2.